The number of carbonyl (C=O) groups excluding carboxylic acids is 1. The lowest BCUT2D eigenvalue weighted by molar-refractivity contribution is 0.102. The smallest absolute Gasteiger partial charge is 0.173 e. The topological polar surface area (TPSA) is 34.9 Å². The van der Waals surface area contributed by atoms with Gasteiger partial charge in [0.1, 0.15) is 0 Å². The fourth-order valence-corrected chi connectivity index (χ4v) is 3.37. The van der Waals surface area contributed by atoms with Crippen LogP contribution in [0.1, 0.15) is 21.5 Å². The molecule has 0 bridgehead atoms. The summed E-state index contributed by atoms with van der Waals surface area (Å²) >= 11 is 1.49. The Bertz CT molecular complexity index is 851. The van der Waals surface area contributed by atoms with Gasteiger partial charge in [-0.15, -0.1) is 0 Å². The van der Waals surface area contributed by atoms with Crippen molar-refractivity contribution in [2.24, 2.45) is 7.05 Å². The first-order valence-corrected chi connectivity index (χ1v) is 8.19. The molecule has 0 radical (unpaired) electrons. The second-order valence-corrected chi connectivity index (χ2v) is 6.41. The molecule has 3 nitrogen and oxygen atoms in total. The number of thioether (sulfide) groups is 1. The standard InChI is InChI=1S/C18H18N2OS/c1-12-8-9-13(2)14(10-12)17(21)11-22-18-19-15-6-4-5-7-16(15)20(18)3/h4-10H,11H2,1-3H3. The highest BCUT2D eigenvalue weighted by molar-refractivity contribution is 7.99. The van der Waals surface area contributed by atoms with E-state index in [2.05, 4.69) is 4.98 Å². The normalized spacial score (nSPS) is 11.0. The van der Waals surface area contributed by atoms with Gasteiger partial charge in [0.05, 0.1) is 16.8 Å². The molecular formula is C18H18N2OS. The number of para-hydroxylation sites is 2. The first-order chi connectivity index (χ1) is 10.6. The van der Waals surface area contributed by atoms with Crippen molar-refractivity contribution in [3.05, 3.63) is 59.2 Å². The number of benzene rings is 2. The van der Waals surface area contributed by atoms with Crippen LogP contribution >= 0.6 is 11.8 Å². The van der Waals surface area contributed by atoms with Crippen LogP contribution < -0.4 is 0 Å². The van der Waals surface area contributed by atoms with Gasteiger partial charge in [0.2, 0.25) is 0 Å². The van der Waals surface area contributed by atoms with Crippen molar-refractivity contribution in [2.75, 3.05) is 5.75 Å². The summed E-state index contributed by atoms with van der Waals surface area (Å²) in [6, 6.07) is 14.0. The predicted octanol–water partition coefficient (Wildman–Crippen LogP) is 4.17. The molecule has 0 atom stereocenters. The van der Waals surface area contributed by atoms with Gasteiger partial charge in [0.25, 0.3) is 0 Å². The Hall–Kier alpha value is -2.07. The number of Topliss-reactive ketones (excluding diaryl/α,β-unsaturated/α-hetero) is 1. The Labute approximate surface area is 134 Å². The van der Waals surface area contributed by atoms with Crippen LogP contribution in [0, 0.1) is 13.8 Å². The van der Waals surface area contributed by atoms with Crippen LogP contribution in [0.5, 0.6) is 0 Å². The van der Waals surface area contributed by atoms with Crippen molar-refractivity contribution in [2.45, 2.75) is 19.0 Å². The number of rotatable bonds is 4. The van der Waals surface area contributed by atoms with Gasteiger partial charge >= 0.3 is 0 Å². The maximum Gasteiger partial charge on any atom is 0.173 e. The Morgan fingerprint density at radius 1 is 1.18 bits per heavy atom. The molecule has 1 heterocycles. The quantitative estimate of drug-likeness (QED) is 0.536. The monoisotopic (exact) mass is 310 g/mol. The molecule has 2 aromatic carbocycles. The minimum Gasteiger partial charge on any atom is -0.322 e. The summed E-state index contributed by atoms with van der Waals surface area (Å²) in [5.74, 6) is 0.555. The summed E-state index contributed by atoms with van der Waals surface area (Å²) < 4.78 is 2.04. The average molecular weight is 310 g/mol. The summed E-state index contributed by atoms with van der Waals surface area (Å²) in [7, 11) is 1.99. The van der Waals surface area contributed by atoms with Gasteiger partial charge in [-0.3, -0.25) is 4.79 Å². The third-order valence-corrected chi connectivity index (χ3v) is 4.80. The molecule has 0 spiro atoms. The van der Waals surface area contributed by atoms with Gasteiger partial charge in [-0.2, -0.15) is 0 Å². The zero-order valence-electron chi connectivity index (χ0n) is 13.0. The molecule has 4 heteroatoms. The van der Waals surface area contributed by atoms with Crippen LogP contribution in [0.2, 0.25) is 0 Å². The molecule has 0 saturated heterocycles. The summed E-state index contributed by atoms with van der Waals surface area (Å²) in [4.78, 5) is 17.1. The number of aromatic nitrogens is 2. The summed E-state index contributed by atoms with van der Waals surface area (Å²) in [6.07, 6.45) is 0. The van der Waals surface area contributed by atoms with E-state index in [9.17, 15) is 4.79 Å². The lowest BCUT2D eigenvalue weighted by atomic mass is 10.0. The largest absolute Gasteiger partial charge is 0.322 e. The molecule has 112 valence electrons. The SMILES string of the molecule is Cc1ccc(C)c(C(=O)CSc2nc3ccccc3n2C)c1. The van der Waals surface area contributed by atoms with E-state index in [1.165, 1.54) is 11.8 Å². The van der Waals surface area contributed by atoms with Crippen molar-refractivity contribution < 1.29 is 4.79 Å². The van der Waals surface area contributed by atoms with Gasteiger partial charge < -0.3 is 4.57 Å². The molecule has 0 N–H and O–H groups in total. The van der Waals surface area contributed by atoms with Gasteiger partial charge in [0.15, 0.2) is 10.9 Å². The zero-order valence-corrected chi connectivity index (χ0v) is 13.8. The number of hydrogen-bond donors (Lipinski definition) is 0. The highest BCUT2D eigenvalue weighted by Crippen LogP contribution is 2.24. The summed E-state index contributed by atoms with van der Waals surface area (Å²) in [6.45, 7) is 3.99. The molecule has 0 unspecified atom stereocenters. The van der Waals surface area contributed by atoms with E-state index in [1.54, 1.807) is 0 Å². The fraction of sp³-hybridized carbons (Fsp3) is 0.222. The van der Waals surface area contributed by atoms with Gasteiger partial charge in [-0.25, -0.2) is 4.98 Å². The van der Waals surface area contributed by atoms with E-state index in [1.807, 2.05) is 67.9 Å². The summed E-state index contributed by atoms with van der Waals surface area (Å²) in [5.41, 5.74) is 5.00. The third kappa shape index (κ3) is 2.79. The second-order valence-electron chi connectivity index (χ2n) is 5.47. The molecule has 22 heavy (non-hydrogen) atoms. The molecule has 1 aromatic heterocycles. The molecule has 3 aromatic rings. The Balaban J connectivity index is 1.80. The molecule has 0 fully saturated rings. The molecule has 0 aliphatic carbocycles. The molecular weight excluding hydrogens is 292 g/mol. The Morgan fingerprint density at radius 2 is 1.95 bits per heavy atom. The molecule has 0 aliphatic rings. The Morgan fingerprint density at radius 3 is 2.73 bits per heavy atom. The van der Waals surface area contributed by atoms with Gasteiger partial charge in [0, 0.05) is 12.6 Å². The minimum absolute atomic E-state index is 0.151. The van der Waals surface area contributed by atoms with Crippen LogP contribution in [-0.2, 0) is 7.05 Å². The fourth-order valence-electron chi connectivity index (χ4n) is 2.50. The van der Waals surface area contributed by atoms with E-state index in [0.717, 1.165) is 32.9 Å². The number of fused-ring (bicyclic) bond motifs is 1. The first kappa shape index (κ1) is 14.9. The van der Waals surface area contributed by atoms with E-state index in [4.69, 9.17) is 0 Å². The van der Waals surface area contributed by atoms with E-state index in [-0.39, 0.29) is 5.78 Å². The summed E-state index contributed by atoms with van der Waals surface area (Å²) in [5, 5.41) is 0.875. The van der Waals surface area contributed by atoms with E-state index >= 15 is 0 Å². The maximum atomic E-state index is 12.5. The number of imidazole rings is 1. The maximum absolute atomic E-state index is 12.5. The Kier molecular flexibility index (Phi) is 4.03. The highest BCUT2D eigenvalue weighted by atomic mass is 32.2. The number of hydrogen-bond acceptors (Lipinski definition) is 3. The zero-order chi connectivity index (χ0) is 15.7. The van der Waals surface area contributed by atoms with Crippen LogP contribution in [0.15, 0.2) is 47.6 Å². The number of aryl methyl sites for hydroxylation is 3. The molecule has 0 saturated carbocycles. The van der Waals surface area contributed by atoms with Crippen molar-refractivity contribution >= 4 is 28.6 Å². The van der Waals surface area contributed by atoms with E-state index < -0.39 is 0 Å². The second kappa shape index (κ2) is 5.97. The van der Waals surface area contributed by atoms with Crippen molar-refractivity contribution in [1.82, 2.24) is 9.55 Å². The van der Waals surface area contributed by atoms with Gasteiger partial charge in [-0.05, 0) is 37.6 Å². The van der Waals surface area contributed by atoms with Crippen molar-refractivity contribution in [3.63, 3.8) is 0 Å². The van der Waals surface area contributed by atoms with Crippen LogP contribution in [0.3, 0.4) is 0 Å². The molecule has 0 amide bonds. The van der Waals surface area contributed by atoms with Crippen LogP contribution in [0.4, 0.5) is 0 Å². The lowest BCUT2D eigenvalue weighted by Gasteiger charge is -2.06. The number of ketones is 1. The lowest BCUT2D eigenvalue weighted by Crippen LogP contribution is -2.06. The third-order valence-electron chi connectivity index (χ3n) is 3.77. The first-order valence-electron chi connectivity index (χ1n) is 7.21. The van der Waals surface area contributed by atoms with E-state index in [0.29, 0.717) is 5.75 Å². The average Bonchev–Trinajstić information content (AvgIpc) is 2.84. The van der Waals surface area contributed by atoms with Crippen molar-refractivity contribution in [3.8, 4) is 0 Å². The number of carbonyl (C=O) groups is 1. The van der Waals surface area contributed by atoms with Crippen molar-refractivity contribution in [1.29, 1.82) is 0 Å². The van der Waals surface area contributed by atoms with Gasteiger partial charge in [-0.1, -0.05) is 41.6 Å². The number of nitrogens with zero attached hydrogens (tertiary/aromatic N) is 2. The minimum atomic E-state index is 0.151. The predicted molar refractivity (Wildman–Crippen MR) is 91.7 cm³/mol. The van der Waals surface area contributed by atoms with Crippen LogP contribution in [-0.4, -0.2) is 21.1 Å². The molecule has 0 aliphatic heterocycles. The molecule has 3 rings (SSSR count). The highest BCUT2D eigenvalue weighted by Gasteiger charge is 2.13. The van der Waals surface area contributed by atoms with Crippen LogP contribution in [0.25, 0.3) is 11.0 Å².